The van der Waals surface area contributed by atoms with E-state index in [9.17, 15) is 13.6 Å². The van der Waals surface area contributed by atoms with Crippen LogP contribution in [0.15, 0.2) is 54.9 Å². The summed E-state index contributed by atoms with van der Waals surface area (Å²) in [4.78, 5) is 12.3. The zero-order valence-corrected chi connectivity index (χ0v) is 14.8. The van der Waals surface area contributed by atoms with Crippen LogP contribution in [-0.2, 0) is 19.7 Å². The average Bonchev–Trinajstić information content (AvgIpc) is 3.14. The lowest BCUT2D eigenvalue weighted by molar-refractivity contribution is 0.0950. The van der Waals surface area contributed by atoms with Gasteiger partial charge in [-0.25, -0.2) is 8.78 Å². The van der Waals surface area contributed by atoms with Gasteiger partial charge in [0.15, 0.2) is 11.6 Å². The molecule has 0 atom stereocenters. The SMILES string of the molecule is CCn1cc(CNC(=O)c2cccc(COc3ccc(F)cc3F)c2)cn1. The highest BCUT2D eigenvalue weighted by Crippen LogP contribution is 2.19. The molecule has 3 aromatic rings. The number of ether oxygens (including phenoxy) is 1. The lowest BCUT2D eigenvalue weighted by Gasteiger charge is -2.09. The molecule has 0 unspecified atom stereocenters. The molecule has 3 rings (SSSR count). The summed E-state index contributed by atoms with van der Waals surface area (Å²) in [5.41, 5.74) is 2.08. The molecule has 0 bridgehead atoms. The molecule has 2 aromatic carbocycles. The van der Waals surface area contributed by atoms with E-state index in [-0.39, 0.29) is 18.3 Å². The Kier molecular flexibility index (Phi) is 5.80. The van der Waals surface area contributed by atoms with E-state index in [1.807, 2.05) is 13.1 Å². The van der Waals surface area contributed by atoms with Gasteiger partial charge >= 0.3 is 0 Å². The third-order valence-electron chi connectivity index (χ3n) is 3.94. The van der Waals surface area contributed by atoms with Crippen LogP contribution in [0.3, 0.4) is 0 Å². The summed E-state index contributed by atoms with van der Waals surface area (Å²) < 4.78 is 33.7. The number of halogens is 2. The first-order chi connectivity index (χ1) is 13.0. The van der Waals surface area contributed by atoms with Crippen LogP contribution in [0.5, 0.6) is 5.75 Å². The van der Waals surface area contributed by atoms with Crippen molar-refractivity contribution in [2.45, 2.75) is 26.6 Å². The number of hydrogen-bond donors (Lipinski definition) is 1. The second kappa shape index (κ2) is 8.44. The monoisotopic (exact) mass is 371 g/mol. The maximum Gasteiger partial charge on any atom is 0.251 e. The van der Waals surface area contributed by atoms with E-state index >= 15 is 0 Å². The zero-order valence-electron chi connectivity index (χ0n) is 14.8. The predicted octanol–water partition coefficient (Wildman–Crippen LogP) is 3.69. The predicted molar refractivity (Wildman–Crippen MR) is 96.2 cm³/mol. The van der Waals surface area contributed by atoms with Crippen molar-refractivity contribution in [2.24, 2.45) is 0 Å². The van der Waals surface area contributed by atoms with Crippen LogP contribution in [0.1, 0.15) is 28.4 Å². The minimum Gasteiger partial charge on any atom is -0.486 e. The van der Waals surface area contributed by atoms with Gasteiger partial charge in [0.2, 0.25) is 0 Å². The number of amides is 1. The Morgan fingerprint density at radius 3 is 2.78 bits per heavy atom. The van der Waals surface area contributed by atoms with Gasteiger partial charge < -0.3 is 10.1 Å². The highest BCUT2D eigenvalue weighted by atomic mass is 19.1. The van der Waals surface area contributed by atoms with E-state index in [0.717, 1.165) is 24.2 Å². The molecular formula is C20H19F2N3O2. The van der Waals surface area contributed by atoms with Crippen molar-refractivity contribution in [1.29, 1.82) is 0 Å². The summed E-state index contributed by atoms with van der Waals surface area (Å²) in [6.07, 6.45) is 3.59. The first kappa shape index (κ1) is 18.6. The Morgan fingerprint density at radius 2 is 2.04 bits per heavy atom. The third kappa shape index (κ3) is 4.91. The number of hydrogen-bond acceptors (Lipinski definition) is 3. The first-order valence-corrected chi connectivity index (χ1v) is 8.51. The minimum absolute atomic E-state index is 0.0424. The smallest absolute Gasteiger partial charge is 0.251 e. The fourth-order valence-electron chi connectivity index (χ4n) is 2.51. The molecule has 140 valence electrons. The first-order valence-electron chi connectivity index (χ1n) is 8.51. The normalized spacial score (nSPS) is 10.6. The van der Waals surface area contributed by atoms with E-state index in [4.69, 9.17) is 4.74 Å². The molecule has 0 aliphatic rings. The molecule has 0 radical (unpaired) electrons. The van der Waals surface area contributed by atoms with Crippen molar-refractivity contribution in [1.82, 2.24) is 15.1 Å². The molecule has 0 saturated carbocycles. The van der Waals surface area contributed by atoms with Gasteiger partial charge in [-0.3, -0.25) is 9.48 Å². The quantitative estimate of drug-likeness (QED) is 0.689. The minimum atomic E-state index is -0.767. The average molecular weight is 371 g/mol. The molecule has 27 heavy (non-hydrogen) atoms. The molecule has 1 N–H and O–H groups in total. The van der Waals surface area contributed by atoms with Crippen LogP contribution in [-0.4, -0.2) is 15.7 Å². The third-order valence-corrected chi connectivity index (χ3v) is 3.94. The summed E-state index contributed by atoms with van der Waals surface area (Å²) in [6.45, 7) is 3.19. The van der Waals surface area contributed by atoms with Crippen LogP contribution >= 0.6 is 0 Å². The van der Waals surface area contributed by atoms with E-state index in [1.54, 1.807) is 35.1 Å². The van der Waals surface area contributed by atoms with Gasteiger partial charge in [-0.1, -0.05) is 12.1 Å². The molecule has 0 aliphatic heterocycles. The Bertz CT molecular complexity index is 940. The van der Waals surface area contributed by atoms with E-state index in [2.05, 4.69) is 10.4 Å². The number of nitrogens with zero attached hydrogens (tertiary/aromatic N) is 2. The zero-order chi connectivity index (χ0) is 19.2. The topological polar surface area (TPSA) is 56.2 Å². The molecule has 0 spiro atoms. The number of carbonyl (C=O) groups excluding carboxylic acids is 1. The molecule has 5 nitrogen and oxygen atoms in total. The highest BCUT2D eigenvalue weighted by Gasteiger charge is 2.09. The number of aryl methyl sites for hydroxylation is 1. The van der Waals surface area contributed by atoms with Gasteiger partial charge in [0.05, 0.1) is 6.20 Å². The Balaban J connectivity index is 1.59. The summed E-state index contributed by atoms with van der Waals surface area (Å²) in [5, 5.41) is 6.99. The number of aromatic nitrogens is 2. The van der Waals surface area contributed by atoms with Gasteiger partial charge in [0.1, 0.15) is 12.4 Å². The van der Waals surface area contributed by atoms with Crippen molar-refractivity contribution < 1.29 is 18.3 Å². The number of nitrogens with one attached hydrogen (secondary N) is 1. The lowest BCUT2D eigenvalue weighted by Crippen LogP contribution is -2.22. The standard InChI is InChI=1S/C20H19F2N3O2/c1-2-25-12-15(11-24-25)10-23-20(26)16-5-3-4-14(8-16)13-27-19-7-6-17(21)9-18(19)22/h3-9,11-12H,2,10,13H2,1H3,(H,23,26). The van der Waals surface area contributed by atoms with Crippen LogP contribution < -0.4 is 10.1 Å². The summed E-state index contributed by atoms with van der Waals surface area (Å²) in [6, 6.07) is 9.98. The maximum absolute atomic E-state index is 13.6. The number of benzene rings is 2. The van der Waals surface area contributed by atoms with Crippen molar-refractivity contribution in [3.8, 4) is 5.75 Å². The van der Waals surface area contributed by atoms with Gasteiger partial charge in [-0.2, -0.15) is 5.10 Å². The van der Waals surface area contributed by atoms with Gasteiger partial charge in [0.25, 0.3) is 5.91 Å². The fraction of sp³-hybridized carbons (Fsp3) is 0.200. The molecule has 0 saturated heterocycles. The summed E-state index contributed by atoms with van der Waals surface area (Å²) in [7, 11) is 0. The van der Waals surface area contributed by atoms with E-state index in [0.29, 0.717) is 17.7 Å². The van der Waals surface area contributed by atoms with E-state index in [1.165, 1.54) is 6.07 Å². The van der Waals surface area contributed by atoms with Crippen LogP contribution in [0, 0.1) is 11.6 Å². The maximum atomic E-state index is 13.6. The summed E-state index contributed by atoms with van der Waals surface area (Å²) in [5.74, 6) is -1.70. The largest absolute Gasteiger partial charge is 0.486 e. The molecule has 1 amide bonds. The Labute approximate surface area is 155 Å². The van der Waals surface area contributed by atoms with Crippen molar-refractivity contribution >= 4 is 5.91 Å². The molecule has 1 heterocycles. The second-order valence-electron chi connectivity index (χ2n) is 5.95. The Hall–Kier alpha value is -3.22. The van der Waals surface area contributed by atoms with Gasteiger partial charge in [-0.15, -0.1) is 0 Å². The van der Waals surface area contributed by atoms with Gasteiger partial charge in [-0.05, 0) is 36.8 Å². The van der Waals surface area contributed by atoms with Crippen LogP contribution in [0.4, 0.5) is 8.78 Å². The molecule has 1 aromatic heterocycles. The van der Waals surface area contributed by atoms with E-state index < -0.39 is 11.6 Å². The lowest BCUT2D eigenvalue weighted by atomic mass is 10.1. The number of carbonyl (C=O) groups is 1. The Morgan fingerprint density at radius 1 is 1.19 bits per heavy atom. The van der Waals surface area contributed by atoms with Crippen LogP contribution in [0.25, 0.3) is 0 Å². The summed E-state index contributed by atoms with van der Waals surface area (Å²) >= 11 is 0. The highest BCUT2D eigenvalue weighted by molar-refractivity contribution is 5.94. The second-order valence-corrected chi connectivity index (χ2v) is 5.95. The fourth-order valence-corrected chi connectivity index (χ4v) is 2.51. The van der Waals surface area contributed by atoms with Gasteiger partial charge in [0, 0.05) is 36.5 Å². The molecule has 0 aliphatic carbocycles. The number of rotatable bonds is 7. The van der Waals surface area contributed by atoms with Crippen molar-refractivity contribution in [2.75, 3.05) is 0 Å². The van der Waals surface area contributed by atoms with Crippen LogP contribution in [0.2, 0.25) is 0 Å². The van der Waals surface area contributed by atoms with Crippen molar-refractivity contribution in [3.05, 3.63) is 83.2 Å². The molecular weight excluding hydrogens is 352 g/mol. The molecule has 7 heteroatoms. The molecule has 0 fully saturated rings. The van der Waals surface area contributed by atoms with Crippen molar-refractivity contribution in [3.63, 3.8) is 0 Å².